The van der Waals surface area contributed by atoms with Gasteiger partial charge in [0.05, 0.1) is 5.69 Å². The van der Waals surface area contributed by atoms with Gasteiger partial charge in [-0.25, -0.2) is 9.97 Å². The molecule has 0 saturated heterocycles. The van der Waals surface area contributed by atoms with Crippen LogP contribution in [0.5, 0.6) is 0 Å². The normalized spacial score (nSPS) is 12.2. The molecule has 2 rings (SSSR count). The SMILES string of the molecule is Nc1cc(N)c2c(n1)nc(C(F)(F)F)n2O. The highest BCUT2D eigenvalue weighted by Gasteiger charge is 2.39. The van der Waals surface area contributed by atoms with Crippen molar-refractivity contribution in [2.24, 2.45) is 0 Å². The van der Waals surface area contributed by atoms with Crippen LogP contribution in [-0.4, -0.2) is 19.9 Å². The minimum Gasteiger partial charge on any atom is -0.426 e. The maximum Gasteiger partial charge on any atom is 0.453 e. The first kappa shape index (κ1) is 10.3. The second-order valence-electron chi connectivity index (χ2n) is 3.05. The third-order valence-corrected chi connectivity index (χ3v) is 1.90. The third-order valence-electron chi connectivity index (χ3n) is 1.90. The fraction of sp³-hybridized carbons (Fsp3) is 0.143. The number of alkyl halides is 3. The summed E-state index contributed by atoms with van der Waals surface area (Å²) >= 11 is 0. The molecule has 2 aromatic rings. The van der Waals surface area contributed by atoms with E-state index in [9.17, 15) is 18.4 Å². The predicted molar refractivity (Wildman–Crippen MR) is 48.5 cm³/mol. The topological polar surface area (TPSA) is 103 Å². The molecular formula is C7H6F3N5O. The van der Waals surface area contributed by atoms with E-state index in [0.29, 0.717) is 0 Å². The summed E-state index contributed by atoms with van der Waals surface area (Å²) in [6, 6.07) is 1.14. The summed E-state index contributed by atoms with van der Waals surface area (Å²) in [6.07, 6.45) is -4.79. The number of nitrogens with zero attached hydrogens (tertiary/aromatic N) is 3. The summed E-state index contributed by atoms with van der Waals surface area (Å²) in [5, 5.41) is 9.27. The minimum atomic E-state index is -4.79. The average Bonchev–Trinajstić information content (AvgIpc) is 2.41. The van der Waals surface area contributed by atoms with E-state index in [0.717, 1.165) is 6.07 Å². The van der Waals surface area contributed by atoms with Crippen LogP contribution in [0.4, 0.5) is 24.7 Å². The second-order valence-corrected chi connectivity index (χ2v) is 3.05. The van der Waals surface area contributed by atoms with Crippen molar-refractivity contribution in [3.05, 3.63) is 11.9 Å². The van der Waals surface area contributed by atoms with Gasteiger partial charge in [0, 0.05) is 6.07 Å². The lowest BCUT2D eigenvalue weighted by molar-refractivity contribution is -0.153. The Kier molecular flexibility index (Phi) is 1.87. The average molecular weight is 233 g/mol. The van der Waals surface area contributed by atoms with Crippen LogP contribution in [0.15, 0.2) is 6.07 Å². The van der Waals surface area contributed by atoms with Gasteiger partial charge in [-0.1, -0.05) is 0 Å². The van der Waals surface area contributed by atoms with E-state index in [-0.39, 0.29) is 27.4 Å². The maximum atomic E-state index is 12.4. The van der Waals surface area contributed by atoms with Crippen LogP contribution in [0.2, 0.25) is 0 Å². The highest BCUT2D eigenvalue weighted by Crippen LogP contribution is 2.32. The highest BCUT2D eigenvalue weighted by atomic mass is 19.4. The molecule has 0 aliphatic heterocycles. The smallest absolute Gasteiger partial charge is 0.426 e. The number of hydrogen-bond donors (Lipinski definition) is 3. The fourth-order valence-electron chi connectivity index (χ4n) is 1.30. The predicted octanol–water partition coefficient (Wildman–Crippen LogP) is 0.852. The maximum absolute atomic E-state index is 12.4. The first-order valence-electron chi connectivity index (χ1n) is 4.01. The largest absolute Gasteiger partial charge is 0.453 e. The van der Waals surface area contributed by atoms with Gasteiger partial charge >= 0.3 is 6.18 Å². The van der Waals surface area contributed by atoms with Crippen molar-refractivity contribution in [2.45, 2.75) is 6.18 Å². The molecule has 2 aromatic heterocycles. The fourth-order valence-corrected chi connectivity index (χ4v) is 1.30. The zero-order chi connectivity index (χ0) is 12.1. The van der Waals surface area contributed by atoms with Gasteiger partial charge in [0.2, 0.25) is 0 Å². The van der Waals surface area contributed by atoms with Crippen LogP contribution < -0.4 is 11.5 Å². The van der Waals surface area contributed by atoms with Gasteiger partial charge in [0.15, 0.2) is 5.65 Å². The summed E-state index contributed by atoms with van der Waals surface area (Å²) in [4.78, 5) is 6.66. The van der Waals surface area contributed by atoms with Crippen molar-refractivity contribution in [1.29, 1.82) is 0 Å². The number of imidazole rings is 1. The number of nitrogens with two attached hydrogens (primary N) is 2. The van der Waals surface area contributed by atoms with E-state index in [4.69, 9.17) is 11.5 Å². The molecule has 5 N–H and O–H groups in total. The summed E-state index contributed by atoms with van der Waals surface area (Å²) in [5.74, 6) is -1.57. The third kappa shape index (κ3) is 1.36. The van der Waals surface area contributed by atoms with Crippen molar-refractivity contribution >= 4 is 22.7 Å². The zero-order valence-corrected chi connectivity index (χ0v) is 7.65. The van der Waals surface area contributed by atoms with Gasteiger partial charge in [-0.15, -0.1) is 0 Å². The first-order chi connectivity index (χ1) is 7.30. The molecule has 0 bridgehead atoms. The molecule has 6 nitrogen and oxygen atoms in total. The minimum absolute atomic E-state index is 0.0724. The van der Waals surface area contributed by atoms with Gasteiger partial charge in [-0.2, -0.15) is 17.9 Å². The standard InChI is InChI=1S/C7H6F3N5O/c8-7(9,10)6-14-5-4(15(6)16)2(11)1-3(12)13-5/h1,16H,(H4,11,12,13). The molecular weight excluding hydrogens is 227 g/mol. The molecule has 0 amide bonds. The number of anilines is 2. The molecule has 0 aliphatic carbocycles. The molecule has 0 atom stereocenters. The molecule has 0 aliphatic rings. The van der Waals surface area contributed by atoms with Crippen LogP contribution in [-0.2, 0) is 6.18 Å². The van der Waals surface area contributed by atoms with Crippen LogP contribution >= 0.6 is 0 Å². The molecule has 0 unspecified atom stereocenters. The Hall–Kier alpha value is -2.19. The first-order valence-corrected chi connectivity index (χ1v) is 4.01. The van der Waals surface area contributed by atoms with Crippen molar-refractivity contribution in [3.63, 3.8) is 0 Å². The van der Waals surface area contributed by atoms with E-state index in [1.165, 1.54) is 0 Å². The number of rotatable bonds is 0. The van der Waals surface area contributed by atoms with Gasteiger partial charge in [-0.3, -0.25) is 0 Å². The van der Waals surface area contributed by atoms with Gasteiger partial charge < -0.3 is 16.7 Å². The van der Waals surface area contributed by atoms with Gasteiger partial charge in [0.25, 0.3) is 5.82 Å². The number of fused-ring (bicyclic) bond motifs is 1. The van der Waals surface area contributed by atoms with Gasteiger partial charge in [0.1, 0.15) is 11.3 Å². The van der Waals surface area contributed by atoms with E-state index in [2.05, 4.69) is 9.97 Å². The molecule has 9 heteroatoms. The summed E-state index contributed by atoms with van der Waals surface area (Å²) in [7, 11) is 0. The Labute approximate surface area is 86.3 Å². The van der Waals surface area contributed by atoms with Crippen LogP contribution in [0.1, 0.15) is 5.82 Å². The van der Waals surface area contributed by atoms with Gasteiger partial charge in [-0.05, 0) is 0 Å². The van der Waals surface area contributed by atoms with E-state index < -0.39 is 12.0 Å². The number of nitrogen functional groups attached to an aromatic ring is 2. The Balaban J connectivity index is 2.83. The van der Waals surface area contributed by atoms with Crippen LogP contribution in [0, 0.1) is 0 Å². The zero-order valence-electron chi connectivity index (χ0n) is 7.65. The Morgan fingerprint density at radius 3 is 2.44 bits per heavy atom. The number of aromatic nitrogens is 3. The molecule has 0 spiro atoms. The van der Waals surface area contributed by atoms with Crippen LogP contribution in [0.3, 0.4) is 0 Å². The lowest BCUT2D eigenvalue weighted by Crippen LogP contribution is -2.13. The quantitative estimate of drug-likeness (QED) is 0.585. The summed E-state index contributed by atoms with van der Waals surface area (Å²) in [6.45, 7) is 0. The van der Waals surface area contributed by atoms with E-state index in [1.54, 1.807) is 0 Å². The summed E-state index contributed by atoms with van der Waals surface area (Å²) in [5.41, 5.74) is 9.89. The monoisotopic (exact) mass is 233 g/mol. The van der Waals surface area contributed by atoms with Crippen molar-refractivity contribution in [1.82, 2.24) is 14.7 Å². The Morgan fingerprint density at radius 1 is 1.25 bits per heavy atom. The molecule has 16 heavy (non-hydrogen) atoms. The van der Waals surface area contributed by atoms with Crippen molar-refractivity contribution in [2.75, 3.05) is 11.5 Å². The molecule has 2 heterocycles. The number of pyridine rings is 1. The second kappa shape index (κ2) is 2.90. The van der Waals surface area contributed by atoms with E-state index in [1.807, 2.05) is 0 Å². The van der Waals surface area contributed by atoms with E-state index >= 15 is 0 Å². The molecule has 0 aromatic carbocycles. The Bertz CT molecular complexity index is 561. The number of halogens is 3. The van der Waals surface area contributed by atoms with Crippen LogP contribution in [0.25, 0.3) is 11.2 Å². The lowest BCUT2D eigenvalue weighted by atomic mass is 10.3. The molecule has 0 fully saturated rings. The molecule has 0 saturated carbocycles. The highest BCUT2D eigenvalue weighted by molar-refractivity contribution is 5.86. The Morgan fingerprint density at radius 2 is 1.88 bits per heavy atom. The lowest BCUT2D eigenvalue weighted by Gasteiger charge is -2.04. The number of hydrogen-bond acceptors (Lipinski definition) is 5. The van der Waals surface area contributed by atoms with Crippen molar-refractivity contribution in [3.8, 4) is 0 Å². The molecule has 86 valence electrons. The molecule has 0 radical (unpaired) electrons. The van der Waals surface area contributed by atoms with Crippen molar-refractivity contribution < 1.29 is 18.4 Å². The summed E-state index contributed by atoms with van der Waals surface area (Å²) < 4.78 is 37.0.